The minimum Gasteiger partial charge on any atom is -0.398 e. The second-order valence-corrected chi connectivity index (χ2v) is 4.92. The third kappa shape index (κ3) is 2.48. The summed E-state index contributed by atoms with van der Waals surface area (Å²) in [5, 5.41) is 9.98. The molecule has 18 heavy (non-hydrogen) atoms. The molecule has 1 aromatic carbocycles. The average molecular weight is 248 g/mol. The molecule has 3 N–H and O–H groups in total. The molecule has 1 aliphatic rings. The van der Waals surface area contributed by atoms with Crippen LogP contribution >= 0.6 is 0 Å². The average Bonchev–Trinajstić information content (AvgIpc) is 2.38. The van der Waals surface area contributed by atoms with Gasteiger partial charge < -0.3 is 15.7 Å². The van der Waals surface area contributed by atoms with Crippen LogP contribution in [0.15, 0.2) is 24.3 Å². The zero-order valence-corrected chi connectivity index (χ0v) is 10.7. The van der Waals surface area contributed by atoms with Crippen LogP contribution in [0.25, 0.3) is 0 Å². The molecule has 1 saturated carbocycles. The number of rotatable bonds is 2. The Labute approximate surface area is 107 Å². The van der Waals surface area contributed by atoms with Crippen LogP contribution in [0, 0.1) is 0 Å². The summed E-state index contributed by atoms with van der Waals surface area (Å²) in [5.74, 6) is -0.112. The lowest BCUT2D eigenvalue weighted by molar-refractivity contribution is 0.0268. The quantitative estimate of drug-likeness (QED) is 0.782. The lowest BCUT2D eigenvalue weighted by Crippen LogP contribution is -2.46. The molecule has 2 rings (SSSR count). The van der Waals surface area contributed by atoms with Crippen molar-refractivity contribution in [3.05, 3.63) is 29.8 Å². The molecule has 0 spiro atoms. The van der Waals surface area contributed by atoms with Gasteiger partial charge in [0.1, 0.15) is 0 Å². The maximum atomic E-state index is 12.3. The van der Waals surface area contributed by atoms with Crippen LogP contribution in [0.3, 0.4) is 0 Å². The van der Waals surface area contributed by atoms with Gasteiger partial charge in [0.15, 0.2) is 0 Å². The molecule has 4 heteroatoms. The van der Waals surface area contributed by atoms with Crippen molar-refractivity contribution >= 4 is 11.6 Å². The predicted molar refractivity (Wildman–Crippen MR) is 71.2 cm³/mol. The maximum Gasteiger partial charge on any atom is 0.256 e. The van der Waals surface area contributed by atoms with Gasteiger partial charge in [0.2, 0.25) is 0 Å². The van der Waals surface area contributed by atoms with Gasteiger partial charge in [-0.1, -0.05) is 25.0 Å². The monoisotopic (exact) mass is 248 g/mol. The Bertz CT molecular complexity index is 434. The number of carbonyl (C=O) groups excluding carboxylic acids is 1. The van der Waals surface area contributed by atoms with Gasteiger partial charge in [-0.05, 0) is 25.0 Å². The fourth-order valence-corrected chi connectivity index (χ4v) is 2.58. The smallest absolute Gasteiger partial charge is 0.256 e. The highest BCUT2D eigenvalue weighted by Gasteiger charge is 2.30. The Morgan fingerprint density at radius 2 is 2.00 bits per heavy atom. The van der Waals surface area contributed by atoms with E-state index >= 15 is 0 Å². The summed E-state index contributed by atoms with van der Waals surface area (Å²) in [7, 11) is 1.74. The number of carbonyl (C=O) groups is 1. The van der Waals surface area contributed by atoms with Crippen LogP contribution in [0.2, 0.25) is 0 Å². The van der Waals surface area contributed by atoms with Gasteiger partial charge in [-0.2, -0.15) is 0 Å². The van der Waals surface area contributed by atoms with Gasteiger partial charge in [-0.15, -0.1) is 0 Å². The van der Waals surface area contributed by atoms with Crippen molar-refractivity contribution in [3.8, 4) is 0 Å². The molecular formula is C14H20N2O2. The van der Waals surface area contributed by atoms with Crippen molar-refractivity contribution < 1.29 is 9.90 Å². The Morgan fingerprint density at radius 1 is 1.33 bits per heavy atom. The minimum atomic E-state index is -0.419. The molecule has 1 amide bonds. The van der Waals surface area contributed by atoms with Crippen molar-refractivity contribution in [2.45, 2.75) is 37.8 Å². The fourth-order valence-electron chi connectivity index (χ4n) is 2.58. The van der Waals surface area contributed by atoms with Crippen molar-refractivity contribution in [1.29, 1.82) is 0 Å². The van der Waals surface area contributed by atoms with Crippen molar-refractivity contribution in [3.63, 3.8) is 0 Å². The number of aliphatic hydroxyl groups excluding tert-OH is 1. The zero-order valence-electron chi connectivity index (χ0n) is 10.7. The van der Waals surface area contributed by atoms with E-state index in [0.29, 0.717) is 11.3 Å². The normalized spacial score (nSPS) is 23.7. The second kappa shape index (κ2) is 5.40. The Hall–Kier alpha value is -1.55. The molecule has 4 nitrogen and oxygen atoms in total. The van der Waals surface area contributed by atoms with Gasteiger partial charge in [-0.3, -0.25) is 4.79 Å². The van der Waals surface area contributed by atoms with Gasteiger partial charge in [0.05, 0.1) is 17.7 Å². The lowest BCUT2D eigenvalue weighted by Gasteiger charge is -2.35. The van der Waals surface area contributed by atoms with Crippen LogP contribution in [0.4, 0.5) is 5.69 Å². The molecular weight excluding hydrogens is 228 g/mol. The third-order valence-corrected chi connectivity index (χ3v) is 3.70. The first-order valence-electron chi connectivity index (χ1n) is 6.41. The number of hydrogen-bond acceptors (Lipinski definition) is 3. The number of nitrogen functional groups attached to an aromatic ring is 1. The number of hydrogen-bond donors (Lipinski definition) is 2. The minimum absolute atomic E-state index is 0.0918. The van der Waals surface area contributed by atoms with Crippen LogP contribution in [0.5, 0.6) is 0 Å². The van der Waals surface area contributed by atoms with E-state index in [2.05, 4.69) is 0 Å². The third-order valence-electron chi connectivity index (χ3n) is 3.70. The first-order valence-corrected chi connectivity index (χ1v) is 6.41. The second-order valence-electron chi connectivity index (χ2n) is 4.92. The zero-order chi connectivity index (χ0) is 13.1. The van der Waals surface area contributed by atoms with Gasteiger partial charge >= 0.3 is 0 Å². The molecule has 98 valence electrons. The van der Waals surface area contributed by atoms with E-state index in [1.807, 2.05) is 6.07 Å². The SMILES string of the molecule is CN(C(=O)c1ccccc1N)C1CCCCC1O. The van der Waals surface area contributed by atoms with Crippen LogP contribution < -0.4 is 5.73 Å². The number of anilines is 1. The highest BCUT2D eigenvalue weighted by molar-refractivity contribution is 5.99. The number of amides is 1. The van der Waals surface area contributed by atoms with E-state index in [9.17, 15) is 9.90 Å². The summed E-state index contributed by atoms with van der Waals surface area (Å²) >= 11 is 0. The number of benzene rings is 1. The first-order chi connectivity index (χ1) is 8.61. The van der Waals surface area contributed by atoms with Gasteiger partial charge in [0.25, 0.3) is 5.91 Å². The number of aliphatic hydroxyl groups is 1. The molecule has 0 heterocycles. The van der Waals surface area contributed by atoms with E-state index < -0.39 is 6.10 Å². The summed E-state index contributed by atoms with van der Waals surface area (Å²) in [4.78, 5) is 14.0. The van der Waals surface area contributed by atoms with Crippen LogP contribution in [-0.4, -0.2) is 35.1 Å². The first kappa shape index (κ1) is 12.9. The number of nitrogens with zero attached hydrogens (tertiary/aromatic N) is 1. The molecule has 0 saturated heterocycles. The molecule has 1 fully saturated rings. The molecule has 1 aliphatic carbocycles. The van der Waals surface area contributed by atoms with Crippen molar-refractivity contribution in [1.82, 2.24) is 4.90 Å². The summed E-state index contributed by atoms with van der Waals surface area (Å²) in [6.07, 6.45) is 3.30. The molecule has 2 unspecified atom stereocenters. The van der Waals surface area contributed by atoms with E-state index in [4.69, 9.17) is 5.73 Å². The Kier molecular flexibility index (Phi) is 3.87. The molecule has 0 aromatic heterocycles. The maximum absolute atomic E-state index is 12.3. The molecule has 0 bridgehead atoms. The molecule has 1 aromatic rings. The lowest BCUT2D eigenvalue weighted by atomic mass is 9.91. The summed E-state index contributed by atoms with van der Waals surface area (Å²) in [6.45, 7) is 0. The highest BCUT2D eigenvalue weighted by Crippen LogP contribution is 2.24. The highest BCUT2D eigenvalue weighted by atomic mass is 16.3. The van der Waals surface area contributed by atoms with E-state index in [0.717, 1.165) is 25.7 Å². The fraction of sp³-hybridized carbons (Fsp3) is 0.500. The number of likely N-dealkylation sites (N-methyl/N-ethyl adjacent to an activating group) is 1. The van der Waals surface area contributed by atoms with Crippen molar-refractivity contribution in [2.24, 2.45) is 0 Å². The number of nitrogens with two attached hydrogens (primary N) is 1. The summed E-state index contributed by atoms with van der Waals surface area (Å²) in [6, 6.07) is 6.96. The Morgan fingerprint density at radius 3 is 2.67 bits per heavy atom. The topological polar surface area (TPSA) is 66.6 Å². The predicted octanol–water partition coefficient (Wildman–Crippen LogP) is 1.64. The van der Waals surface area contributed by atoms with Crippen LogP contribution in [-0.2, 0) is 0 Å². The largest absolute Gasteiger partial charge is 0.398 e. The Balaban J connectivity index is 2.16. The summed E-state index contributed by atoms with van der Waals surface area (Å²) < 4.78 is 0. The number of para-hydroxylation sites is 1. The van der Waals surface area contributed by atoms with Crippen molar-refractivity contribution in [2.75, 3.05) is 12.8 Å². The molecule has 0 radical (unpaired) electrons. The van der Waals surface area contributed by atoms with E-state index in [1.54, 1.807) is 30.1 Å². The van der Waals surface area contributed by atoms with Gasteiger partial charge in [-0.25, -0.2) is 0 Å². The van der Waals surface area contributed by atoms with Crippen LogP contribution in [0.1, 0.15) is 36.0 Å². The summed E-state index contributed by atoms with van der Waals surface area (Å²) in [5.41, 5.74) is 6.81. The van der Waals surface area contributed by atoms with E-state index in [-0.39, 0.29) is 11.9 Å². The van der Waals surface area contributed by atoms with Gasteiger partial charge in [0, 0.05) is 12.7 Å². The molecule has 2 atom stereocenters. The van der Waals surface area contributed by atoms with E-state index in [1.165, 1.54) is 0 Å². The standard InChI is InChI=1S/C14H20N2O2/c1-16(12-8-4-5-9-13(12)17)14(18)10-6-2-3-7-11(10)15/h2-3,6-7,12-13,17H,4-5,8-9,15H2,1H3. The molecule has 0 aliphatic heterocycles.